The van der Waals surface area contributed by atoms with E-state index in [2.05, 4.69) is 20.7 Å². The molecule has 0 aliphatic carbocycles. The zero-order chi connectivity index (χ0) is 15.6. The van der Waals surface area contributed by atoms with Crippen molar-refractivity contribution in [1.29, 1.82) is 0 Å². The highest BCUT2D eigenvalue weighted by molar-refractivity contribution is 9.10. The van der Waals surface area contributed by atoms with E-state index in [0.717, 1.165) is 10.0 Å². The van der Waals surface area contributed by atoms with Gasteiger partial charge in [-0.15, -0.1) is 0 Å². The van der Waals surface area contributed by atoms with Crippen LogP contribution in [-0.4, -0.2) is 8.42 Å². The number of hydrogen-bond donors (Lipinski definition) is 2. The van der Waals surface area contributed by atoms with E-state index in [-0.39, 0.29) is 17.5 Å². The van der Waals surface area contributed by atoms with Crippen LogP contribution in [0.1, 0.15) is 30.0 Å². The fourth-order valence-electron chi connectivity index (χ4n) is 2.03. The van der Waals surface area contributed by atoms with Crippen LogP contribution in [0.25, 0.3) is 0 Å². The fraction of sp³-hybridized carbons (Fsp3) is 0.286. The van der Waals surface area contributed by atoms with Gasteiger partial charge in [0.15, 0.2) is 0 Å². The lowest BCUT2D eigenvalue weighted by Crippen LogP contribution is -2.27. The third-order valence-electron chi connectivity index (χ3n) is 3.09. The molecular formula is C14H17BrN2O3S. The molecule has 1 aromatic heterocycles. The molecule has 0 radical (unpaired) electrons. The number of hydrogen-bond acceptors (Lipinski definition) is 4. The highest BCUT2D eigenvalue weighted by Crippen LogP contribution is 2.23. The minimum absolute atomic E-state index is 0.129. The lowest BCUT2D eigenvalue weighted by atomic mass is 10.1. The zero-order valence-corrected chi connectivity index (χ0v) is 14.2. The number of nitrogens with two attached hydrogens (primary N) is 1. The molecule has 2 rings (SSSR count). The molecule has 3 N–H and O–H groups in total. The number of aryl methyl sites for hydroxylation is 1. The summed E-state index contributed by atoms with van der Waals surface area (Å²) in [4.78, 5) is 0.129. The van der Waals surface area contributed by atoms with Gasteiger partial charge in [-0.3, -0.25) is 0 Å². The Kier molecular flexibility index (Phi) is 4.88. The van der Waals surface area contributed by atoms with E-state index in [1.807, 2.05) is 24.3 Å². The lowest BCUT2D eigenvalue weighted by Gasteiger charge is -2.14. The van der Waals surface area contributed by atoms with Crippen LogP contribution in [0.15, 0.2) is 44.1 Å². The van der Waals surface area contributed by atoms with E-state index in [0.29, 0.717) is 11.5 Å². The zero-order valence-electron chi connectivity index (χ0n) is 11.8. The van der Waals surface area contributed by atoms with Crippen molar-refractivity contribution in [2.75, 3.05) is 0 Å². The van der Waals surface area contributed by atoms with Gasteiger partial charge in [-0.1, -0.05) is 28.1 Å². The minimum Gasteiger partial charge on any atom is -0.464 e. The third kappa shape index (κ3) is 3.74. The van der Waals surface area contributed by atoms with Crippen molar-refractivity contribution in [3.8, 4) is 0 Å². The van der Waals surface area contributed by atoms with Crippen LogP contribution in [0.2, 0.25) is 0 Å². The number of nitrogens with one attached hydrogen (secondary N) is 1. The standard InChI is InChI=1S/C14H17BrN2O3S/c1-9(11-4-3-5-12(15)6-11)17-21(18,19)14-7-13(8-16)20-10(14)2/h3-7,9,17H,8,16H2,1-2H3. The van der Waals surface area contributed by atoms with Crippen molar-refractivity contribution >= 4 is 26.0 Å². The molecule has 1 unspecified atom stereocenters. The normalized spacial score (nSPS) is 13.3. The van der Waals surface area contributed by atoms with Gasteiger partial charge < -0.3 is 10.2 Å². The minimum atomic E-state index is -3.66. The Morgan fingerprint density at radius 1 is 1.38 bits per heavy atom. The molecule has 0 bridgehead atoms. The largest absolute Gasteiger partial charge is 0.464 e. The van der Waals surface area contributed by atoms with E-state index in [1.165, 1.54) is 6.07 Å². The lowest BCUT2D eigenvalue weighted by molar-refractivity contribution is 0.478. The Labute approximate surface area is 132 Å². The van der Waals surface area contributed by atoms with Crippen molar-refractivity contribution in [3.05, 3.63) is 51.9 Å². The van der Waals surface area contributed by atoms with Crippen molar-refractivity contribution in [2.45, 2.75) is 31.3 Å². The molecule has 2 aromatic rings. The Bertz CT molecular complexity index is 740. The molecule has 7 heteroatoms. The molecule has 114 valence electrons. The van der Waals surface area contributed by atoms with Crippen LogP contribution in [-0.2, 0) is 16.6 Å². The predicted molar refractivity (Wildman–Crippen MR) is 84.2 cm³/mol. The first-order valence-electron chi connectivity index (χ1n) is 6.40. The number of furan rings is 1. The Morgan fingerprint density at radius 3 is 2.67 bits per heavy atom. The summed E-state index contributed by atoms with van der Waals surface area (Å²) < 4.78 is 33.7. The van der Waals surface area contributed by atoms with E-state index in [9.17, 15) is 8.42 Å². The summed E-state index contributed by atoms with van der Waals surface area (Å²) in [7, 11) is -3.66. The number of benzene rings is 1. The van der Waals surface area contributed by atoms with Gasteiger partial charge in [0.2, 0.25) is 10.0 Å². The average Bonchev–Trinajstić information content (AvgIpc) is 2.80. The fourth-order valence-corrected chi connectivity index (χ4v) is 3.88. The molecule has 21 heavy (non-hydrogen) atoms. The summed E-state index contributed by atoms with van der Waals surface area (Å²) in [5.74, 6) is 0.785. The van der Waals surface area contributed by atoms with Crippen molar-refractivity contribution in [1.82, 2.24) is 4.72 Å². The topological polar surface area (TPSA) is 85.3 Å². The van der Waals surface area contributed by atoms with Gasteiger partial charge in [-0.25, -0.2) is 13.1 Å². The van der Waals surface area contributed by atoms with E-state index >= 15 is 0 Å². The molecule has 1 atom stereocenters. The first-order valence-corrected chi connectivity index (χ1v) is 8.68. The second-order valence-corrected chi connectivity index (χ2v) is 7.33. The summed E-state index contributed by atoms with van der Waals surface area (Å²) in [5, 5.41) is 0. The highest BCUT2D eigenvalue weighted by Gasteiger charge is 2.23. The van der Waals surface area contributed by atoms with Gasteiger partial charge in [0.1, 0.15) is 16.4 Å². The summed E-state index contributed by atoms with van der Waals surface area (Å²) in [5.41, 5.74) is 6.34. The van der Waals surface area contributed by atoms with E-state index < -0.39 is 10.0 Å². The summed E-state index contributed by atoms with van der Waals surface area (Å²) in [6, 6.07) is 8.60. The molecule has 0 spiro atoms. The molecule has 0 fully saturated rings. The Balaban J connectivity index is 2.26. The van der Waals surface area contributed by atoms with Gasteiger partial charge in [-0.2, -0.15) is 0 Å². The second kappa shape index (κ2) is 6.31. The maximum Gasteiger partial charge on any atom is 0.244 e. The highest BCUT2D eigenvalue weighted by atomic mass is 79.9. The van der Waals surface area contributed by atoms with Crippen LogP contribution in [0.5, 0.6) is 0 Å². The van der Waals surface area contributed by atoms with Gasteiger partial charge in [-0.05, 0) is 31.5 Å². The molecule has 0 aliphatic rings. The third-order valence-corrected chi connectivity index (χ3v) is 5.24. The smallest absolute Gasteiger partial charge is 0.244 e. The van der Waals surface area contributed by atoms with Crippen molar-refractivity contribution < 1.29 is 12.8 Å². The molecule has 0 saturated heterocycles. The average molecular weight is 373 g/mol. The maximum atomic E-state index is 12.4. The van der Waals surface area contributed by atoms with Gasteiger partial charge in [0.25, 0.3) is 0 Å². The van der Waals surface area contributed by atoms with Crippen LogP contribution < -0.4 is 10.5 Å². The summed E-state index contributed by atoms with van der Waals surface area (Å²) in [6.45, 7) is 3.56. The van der Waals surface area contributed by atoms with Crippen LogP contribution >= 0.6 is 15.9 Å². The van der Waals surface area contributed by atoms with Gasteiger partial charge in [0, 0.05) is 16.6 Å². The Morgan fingerprint density at radius 2 is 2.10 bits per heavy atom. The maximum absolute atomic E-state index is 12.4. The molecular weight excluding hydrogens is 356 g/mol. The predicted octanol–water partition coefficient (Wildman–Crippen LogP) is 2.85. The molecule has 0 amide bonds. The van der Waals surface area contributed by atoms with Gasteiger partial charge in [0.05, 0.1) is 6.54 Å². The molecule has 1 aromatic carbocycles. The molecule has 1 heterocycles. The van der Waals surface area contributed by atoms with E-state index in [1.54, 1.807) is 13.8 Å². The first kappa shape index (κ1) is 16.2. The van der Waals surface area contributed by atoms with Gasteiger partial charge >= 0.3 is 0 Å². The van der Waals surface area contributed by atoms with Crippen LogP contribution in [0.3, 0.4) is 0 Å². The first-order chi connectivity index (χ1) is 9.83. The molecule has 5 nitrogen and oxygen atoms in total. The van der Waals surface area contributed by atoms with Crippen molar-refractivity contribution in [2.24, 2.45) is 5.73 Å². The molecule has 0 aliphatic heterocycles. The second-order valence-electron chi connectivity index (χ2n) is 4.74. The number of halogens is 1. The molecule has 0 saturated carbocycles. The van der Waals surface area contributed by atoms with Crippen LogP contribution in [0.4, 0.5) is 0 Å². The van der Waals surface area contributed by atoms with Crippen molar-refractivity contribution in [3.63, 3.8) is 0 Å². The quantitative estimate of drug-likeness (QED) is 0.844. The van der Waals surface area contributed by atoms with Crippen LogP contribution in [0, 0.1) is 6.92 Å². The summed E-state index contributed by atoms with van der Waals surface area (Å²) in [6.07, 6.45) is 0. The van der Waals surface area contributed by atoms with E-state index in [4.69, 9.17) is 10.2 Å². The Hall–Kier alpha value is -1.15. The SMILES string of the molecule is Cc1oc(CN)cc1S(=O)(=O)NC(C)c1cccc(Br)c1. The number of sulfonamides is 1. The monoisotopic (exact) mass is 372 g/mol. The number of rotatable bonds is 5. The summed E-state index contributed by atoms with van der Waals surface area (Å²) >= 11 is 3.37.